The predicted molar refractivity (Wildman–Crippen MR) is 74.2 cm³/mol. The summed E-state index contributed by atoms with van der Waals surface area (Å²) in [5.74, 6) is 5.87. The molecule has 0 saturated heterocycles. The van der Waals surface area contributed by atoms with Gasteiger partial charge in [0, 0.05) is 22.4 Å². The van der Waals surface area contributed by atoms with Gasteiger partial charge in [-0.15, -0.1) is 0 Å². The van der Waals surface area contributed by atoms with E-state index in [1.165, 1.54) is 0 Å². The lowest BCUT2D eigenvalue weighted by atomic mass is 10.2. The standard InChI is InChI=1S/C12H10BrN5/c13-10-5-8(7-14)1-2-11(10)17-9-3-4-16-12(6-9)18-15/h1-6H,15H2,(H2,16,17,18). The molecule has 6 heteroatoms. The number of nitrogen functional groups attached to an aromatic ring is 1. The highest BCUT2D eigenvalue weighted by atomic mass is 79.9. The number of pyridine rings is 1. The molecule has 0 bridgehead atoms. The van der Waals surface area contributed by atoms with Crippen LogP contribution in [-0.2, 0) is 0 Å². The number of nitrogens with one attached hydrogen (secondary N) is 2. The van der Waals surface area contributed by atoms with Gasteiger partial charge in [0.25, 0.3) is 0 Å². The second-order valence-corrected chi connectivity index (χ2v) is 4.36. The van der Waals surface area contributed by atoms with E-state index >= 15 is 0 Å². The molecule has 18 heavy (non-hydrogen) atoms. The summed E-state index contributed by atoms with van der Waals surface area (Å²) in [6.45, 7) is 0. The minimum absolute atomic E-state index is 0.574. The Labute approximate surface area is 113 Å². The van der Waals surface area contributed by atoms with Gasteiger partial charge < -0.3 is 10.7 Å². The lowest BCUT2D eigenvalue weighted by Gasteiger charge is -2.09. The number of aromatic nitrogens is 1. The molecule has 0 aliphatic rings. The number of rotatable bonds is 3. The third-order valence-corrected chi connectivity index (χ3v) is 2.94. The van der Waals surface area contributed by atoms with Crippen LogP contribution in [0, 0.1) is 11.3 Å². The second kappa shape index (κ2) is 5.49. The van der Waals surface area contributed by atoms with Gasteiger partial charge in [-0.05, 0) is 40.2 Å². The molecule has 90 valence electrons. The first-order chi connectivity index (χ1) is 8.72. The van der Waals surface area contributed by atoms with Gasteiger partial charge in [0.1, 0.15) is 5.82 Å². The van der Waals surface area contributed by atoms with Crippen LogP contribution in [0.25, 0.3) is 0 Å². The molecule has 0 fully saturated rings. The topological polar surface area (TPSA) is 86.8 Å². The summed E-state index contributed by atoms with van der Waals surface area (Å²) in [7, 11) is 0. The first-order valence-electron chi connectivity index (χ1n) is 5.12. The molecule has 0 atom stereocenters. The molecular formula is C12H10BrN5. The highest BCUT2D eigenvalue weighted by Gasteiger charge is 2.02. The van der Waals surface area contributed by atoms with Gasteiger partial charge in [-0.25, -0.2) is 10.8 Å². The fourth-order valence-electron chi connectivity index (χ4n) is 1.43. The summed E-state index contributed by atoms with van der Waals surface area (Å²) in [5.41, 5.74) is 4.80. The fourth-order valence-corrected chi connectivity index (χ4v) is 1.91. The molecule has 0 amide bonds. The number of hydrogen-bond acceptors (Lipinski definition) is 5. The maximum absolute atomic E-state index is 8.79. The van der Waals surface area contributed by atoms with Gasteiger partial charge in [-0.1, -0.05) is 0 Å². The summed E-state index contributed by atoms with van der Waals surface area (Å²) in [5, 5.41) is 12.0. The van der Waals surface area contributed by atoms with E-state index in [4.69, 9.17) is 11.1 Å². The largest absolute Gasteiger partial charge is 0.354 e. The molecule has 2 rings (SSSR count). The molecule has 0 aliphatic heterocycles. The predicted octanol–water partition coefficient (Wildman–Crippen LogP) is 2.74. The molecule has 1 aromatic heterocycles. The average Bonchev–Trinajstić information content (AvgIpc) is 2.41. The molecule has 0 radical (unpaired) electrons. The Kier molecular flexibility index (Phi) is 3.77. The maximum atomic E-state index is 8.79. The van der Waals surface area contributed by atoms with Gasteiger partial charge in [0.15, 0.2) is 0 Å². The minimum Gasteiger partial charge on any atom is -0.354 e. The molecule has 2 aromatic rings. The van der Waals surface area contributed by atoms with E-state index in [1.54, 1.807) is 24.4 Å². The van der Waals surface area contributed by atoms with Crippen LogP contribution in [0.3, 0.4) is 0 Å². The van der Waals surface area contributed by atoms with Gasteiger partial charge in [0.05, 0.1) is 17.3 Å². The van der Waals surface area contributed by atoms with Crippen LogP contribution in [0.4, 0.5) is 17.2 Å². The van der Waals surface area contributed by atoms with Gasteiger partial charge in [0.2, 0.25) is 0 Å². The molecule has 1 aromatic carbocycles. The van der Waals surface area contributed by atoms with Crippen LogP contribution in [-0.4, -0.2) is 4.98 Å². The Morgan fingerprint density at radius 2 is 2.11 bits per heavy atom. The van der Waals surface area contributed by atoms with Crippen molar-refractivity contribution < 1.29 is 0 Å². The van der Waals surface area contributed by atoms with Gasteiger partial charge in [-0.2, -0.15) is 5.26 Å². The zero-order valence-electron chi connectivity index (χ0n) is 9.31. The Bertz CT molecular complexity index is 606. The zero-order valence-corrected chi connectivity index (χ0v) is 10.9. The van der Waals surface area contributed by atoms with Crippen molar-refractivity contribution in [1.29, 1.82) is 5.26 Å². The quantitative estimate of drug-likeness (QED) is 0.599. The van der Waals surface area contributed by atoms with E-state index < -0.39 is 0 Å². The molecule has 0 aliphatic carbocycles. The fraction of sp³-hybridized carbons (Fsp3) is 0. The van der Waals surface area contributed by atoms with E-state index in [0.717, 1.165) is 15.8 Å². The first-order valence-corrected chi connectivity index (χ1v) is 5.91. The number of nitriles is 1. The first kappa shape index (κ1) is 12.4. The van der Waals surface area contributed by atoms with Crippen LogP contribution >= 0.6 is 15.9 Å². The Hall–Kier alpha value is -2.10. The number of hydrazine groups is 1. The highest BCUT2D eigenvalue weighted by Crippen LogP contribution is 2.27. The van der Waals surface area contributed by atoms with Crippen molar-refractivity contribution in [2.75, 3.05) is 10.7 Å². The molecule has 1 heterocycles. The summed E-state index contributed by atoms with van der Waals surface area (Å²) < 4.78 is 0.820. The number of halogens is 1. The monoisotopic (exact) mass is 303 g/mol. The molecule has 0 unspecified atom stereocenters. The smallest absolute Gasteiger partial charge is 0.141 e. The van der Waals surface area contributed by atoms with Crippen LogP contribution in [0.15, 0.2) is 41.0 Å². The van der Waals surface area contributed by atoms with E-state index in [-0.39, 0.29) is 0 Å². The molecule has 0 spiro atoms. The summed E-state index contributed by atoms with van der Waals surface area (Å²) in [6, 6.07) is 11.0. The Morgan fingerprint density at radius 1 is 1.28 bits per heavy atom. The van der Waals surface area contributed by atoms with Crippen molar-refractivity contribution in [2.24, 2.45) is 5.84 Å². The third-order valence-electron chi connectivity index (χ3n) is 2.29. The SMILES string of the molecule is N#Cc1ccc(Nc2ccnc(NN)c2)c(Br)c1. The second-order valence-electron chi connectivity index (χ2n) is 3.51. The Balaban J connectivity index is 2.26. The van der Waals surface area contributed by atoms with E-state index in [1.807, 2.05) is 12.1 Å². The van der Waals surface area contributed by atoms with E-state index in [0.29, 0.717) is 11.4 Å². The summed E-state index contributed by atoms with van der Waals surface area (Å²) >= 11 is 3.41. The number of nitrogens with two attached hydrogens (primary N) is 1. The number of nitrogens with zero attached hydrogens (tertiary/aromatic N) is 2. The van der Waals surface area contributed by atoms with Crippen molar-refractivity contribution in [3.05, 3.63) is 46.6 Å². The maximum Gasteiger partial charge on any atom is 0.141 e. The third kappa shape index (κ3) is 2.77. The normalized spacial score (nSPS) is 9.61. The zero-order chi connectivity index (χ0) is 13.0. The van der Waals surface area contributed by atoms with Crippen LogP contribution in [0.5, 0.6) is 0 Å². The lowest BCUT2D eigenvalue weighted by Crippen LogP contribution is -2.08. The van der Waals surface area contributed by atoms with Crippen LogP contribution < -0.4 is 16.6 Å². The van der Waals surface area contributed by atoms with Gasteiger partial charge in [-0.3, -0.25) is 0 Å². The van der Waals surface area contributed by atoms with Crippen molar-refractivity contribution in [1.82, 2.24) is 4.98 Å². The molecule has 0 saturated carbocycles. The van der Waals surface area contributed by atoms with E-state index in [2.05, 4.69) is 37.7 Å². The van der Waals surface area contributed by atoms with Gasteiger partial charge >= 0.3 is 0 Å². The van der Waals surface area contributed by atoms with Crippen LogP contribution in [0.2, 0.25) is 0 Å². The molecule has 5 nitrogen and oxygen atoms in total. The van der Waals surface area contributed by atoms with Crippen molar-refractivity contribution in [2.45, 2.75) is 0 Å². The van der Waals surface area contributed by atoms with E-state index in [9.17, 15) is 0 Å². The van der Waals surface area contributed by atoms with Crippen molar-refractivity contribution in [3.63, 3.8) is 0 Å². The summed E-state index contributed by atoms with van der Waals surface area (Å²) in [6.07, 6.45) is 1.65. The van der Waals surface area contributed by atoms with Crippen molar-refractivity contribution >= 4 is 33.1 Å². The highest BCUT2D eigenvalue weighted by molar-refractivity contribution is 9.10. The Morgan fingerprint density at radius 3 is 2.78 bits per heavy atom. The minimum atomic E-state index is 0.574. The van der Waals surface area contributed by atoms with Crippen LogP contribution in [0.1, 0.15) is 5.56 Å². The lowest BCUT2D eigenvalue weighted by molar-refractivity contribution is 1.23. The molecule has 4 N–H and O–H groups in total. The average molecular weight is 304 g/mol. The molecular weight excluding hydrogens is 294 g/mol. The number of anilines is 3. The van der Waals surface area contributed by atoms with Crippen molar-refractivity contribution in [3.8, 4) is 6.07 Å². The number of benzene rings is 1. The number of hydrogen-bond donors (Lipinski definition) is 3. The summed E-state index contributed by atoms with van der Waals surface area (Å²) in [4.78, 5) is 4.02.